The summed E-state index contributed by atoms with van der Waals surface area (Å²) in [5.41, 5.74) is 1.52. The number of Topliss-reactive ketones (excluding diaryl/α,β-unsaturated/α-hetero) is 1. The molecule has 1 aliphatic carbocycles. The Bertz CT molecular complexity index is 778. The largest absolute Gasteiger partial charge is 0.484 e. The van der Waals surface area contributed by atoms with Crippen molar-refractivity contribution in [3.8, 4) is 5.75 Å². The summed E-state index contributed by atoms with van der Waals surface area (Å²) < 4.78 is 7.19. The fraction of sp³-hybridized carbons (Fsp3) is 0.421. The Morgan fingerprint density at radius 2 is 2.04 bits per heavy atom. The van der Waals surface area contributed by atoms with Crippen LogP contribution < -0.4 is 10.1 Å². The summed E-state index contributed by atoms with van der Waals surface area (Å²) in [4.78, 5) is 23.6. The van der Waals surface area contributed by atoms with Gasteiger partial charge in [0.1, 0.15) is 5.75 Å². The van der Waals surface area contributed by atoms with E-state index in [4.69, 9.17) is 4.74 Å². The van der Waals surface area contributed by atoms with Gasteiger partial charge in [0.25, 0.3) is 5.91 Å². The van der Waals surface area contributed by atoms with E-state index in [1.807, 2.05) is 13.2 Å². The molecule has 3 rings (SSSR count). The highest BCUT2D eigenvalue weighted by molar-refractivity contribution is 5.94. The summed E-state index contributed by atoms with van der Waals surface area (Å²) in [5, 5.41) is 16.7. The lowest BCUT2D eigenvalue weighted by Gasteiger charge is -2.37. The standard InChI is InChI=1S/C19H23N3O4/c1-12(23)13-3-5-17(6-4-13)26-11-18(25)21-19(14-7-16(24)8-14)15-9-20-22(2)10-15/h3-6,9-10,14,16,19,24H,7-8,11H2,1-2H3,(H,21,25). The van der Waals surface area contributed by atoms with Crippen LogP contribution in [0.2, 0.25) is 0 Å². The number of ketones is 1. The summed E-state index contributed by atoms with van der Waals surface area (Å²) in [6.45, 7) is 1.38. The molecule has 0 spiro atoms. The van der Waals surface area contributed by atoms with E-state index in [0.29, 0.717) is 24.2 Å². The number of nitrogens with one attached hydrogen (secondary N) is 1. The minimum Gasteiger partial charge on any atom is -0.484 e. The van der Waals surface area contributed by atoms with Gasteiger partial charge in [-0.05, 0) is 49.9 Å². The van der Waals surface area contributed by atoms with Gasteiger partial charge in [-0.3, -0.25) is 14.3 Å². The summed E-state index contributed by atoms with van der Waals surface area (Å²) >= 11 is 0. The topological polar surface area (TPSA) is 93.5 Å². The number of aliphatic hydroxyl groups excluding tert-OH is 1. The van der Waals surface area contributed by atoms with Crippen molar-refractivity contribution in [2.75, 3.05) is 6.61 Å². The zero-order chi connectivity index (χ0) is 18.7. The molecule has 1 aromatic heterocycles. The van der Waals surface area contributed by atoms with Gasteiger partial charge in [0.05, 0.1) is 18.3 Å². The van der Waals surface area contributed by atoms with Crippen LogP contribution in [0.25, 0.3) is 0 Å². The summed E-state index contributed by atoms with van der Waals surface area (Å²) in [5.74, 6) is 0.460. The van der Waals surface area contributed by atoms with Gasteiger partial charge in [-0.2, -0.15) is 5.10 Å². The molecule has 1 aromatic carbocycles. The van der Waals surface area contributed by atoms with Crippen LogP contribution in [0, 0.1) is 5.92 Å². The molecular formula is C19H23N3O4. The van der Waals surface area contributed by atoms with Gasteiger partial charge >= 0.3 is 0 Å². The van der Waals surface area contributed by atoms with Crippen molar-refractivity contribution in [3.63, 3.8) is 0 Å². The van der Waals surface area contributed by atoms with Crippen LogP contribution in [0.4, 0.5) is 0 Å². The van der Waals surface area contributed by atoms with Gasteiger partial charge in [-0.15, -0.1) is 0 Å². The molecule has 7 heteroatoms. The van der Waals surface area contributed by atoms with Crippen molar-refractivity contribution in [2.24, 2.45) is 13.0 Å². The molecule has 1 fully saturated rings. The SMILES string of the molecule is CC(=O)c1ccc(OCC(=O)NC(c2cnn(C)c2)C2CC(O)C2)cc1. The number of carbonyl (C=O) groups is 2. The second-order valence-corrected chi connectivity index (χ2v) is 6.75. The van der Waals surface area contributed by atoms with E-state index in [0.717, 1.165) is 5.56 Å². The Morgan fingerprint density at radius 1 is 1.35 bits per heavy atom. The van der Waals surface area contributed by atoms with Crippen molar-refractivity contribution in [2.45, 2.75) is 31.9 Å². The first kappa shape index (κ1) is 18.1. The fourth-order valence-corrected chi connectivity index (χ4v) is 3.13. The van der Waals surface area contributed by atoms with E-state index >= 15 is 0 Å². The van der Waals surface area contributed by atoms with E-state index in [1.54, 1.807) is 35.1 Å². The second kappa shape index (κ2) is 7.70. The first-order valence-corrected chi connectivity index (χ1v) is 8.62. The summed E-state index contributed by atoms with van der Waals surface area (Å²) in [6, 6.07) is 6.49. The predicted molar refractivity (Wildman–Crippen MR) is 94.8 cm³/mol. The molecule has 0 bridgehead atoms. The highest BCUT2D eigenvalue weighted by Crippen LogP contribution is 2.37. The number of ether oxygens (including phenoxy) is 1. The number of aliphatic hydroxyl groups is 1. The van der Waals surface area contributed by atoms with E-state index in [-0.39, 0.29) is 36.4 Å². The van der Waals surface area contributed by atoms with Crippen LogP contribution >= 0.6 is 0 Å². The number of aromatic nitrogens is 2. The monoisotopic (exact) mass is 357 g/mol. The lowest BCUT2D eigenvalue weighted by atomic mass is 9.75. The smallest absolute Gasteiger partial charge is 0.258 e. The lowest BCUT2D eigenvalue weighted by Crippen LogP contribution is -2.42. The molecule has 1 amide bonds. The third-order valence-corrected chi connectivity index (χ3v) is 4.65. The highest BCUT2D eigenvalue weighted by Gasteiger charge is 2.36. The zero-order valence-electron chi connectivity index (χ0n) is 14.9. The maximum Gasteiger partial charge on any atom is 0.258 e. The minimum absolute atomic E-state index is 0.0173. The quantitative estimate of drug-likeness (QED) is 0.735. The van der Waals surface area contributed by atoms with Crippen LogP contribution in [-0.4, -0.2) is 39.3 Å². The molecule has 1 aliphatic rings. The molecule has 138 valence electrons. The van der Waals surface area contributed by atoms with Crippen LogP contribution in [0.15, 0.2) is 36.7 Å². The van der Waals surface area contributed by atoms with E-state index in [1.165, 1.54) is 6.92 Å². The number of benzene rings is 1. The number of hydrogen-bond acceptors (Lipinski definition) is 5. The van der Waals surface area contributed by atoms with Crippen molar-refractivity contribution >= 4 is 11.7 Å². The number of hydrogen-bond donors (Lipinski definition) is 2. The summed E-state index contributed by atoms with van der Waals surface area (Å²) in [6.07, 6.45) is 4.63. The van der Waals surface area contributed by atoms with E-state index in [2.05, 4.69) is 10.4 Å². The van der Waals surface area contributed by atoms with Gasteiger partial charge in [0.15, 0.2) is 12.4 Å². The first-order chi connectivity index (χ1) is 12.4. The molecule has 7 nitrogen and oxygen atoms in total. The molecule has 0 aliphatic heterocycles. The third kappa shape index (κ3) is 4.29. The second-order valence-electron chi connectivity index (χ2n) is 6.75. The third-order valence-electron chi connectivity index (χ3n) is 4.65. The highest BCUT2D eigenvalue weighted by atomic mass is 16.5. The van der Waals surface area contributed by atoms with Gasteiger partial charge in [0, 0.05) is 24.4 Å². The average Bonchev–Trinajstić information content (AvgIpc) is 3.02. The Hall–Kier alpha value is -2.67. The molecule has 2 aromatic rings. The van der Waals surface area contributed by atoms with Crippen molar-refractivity contribution in [3.05, 3.63) is 47.8 Å². The molecule has 1 saturated carbocycles. The van der Waals surface area contributed by atoms with Crippen LogP contribution in [0.5, 0.6) is 5.75 Å². The fourth-order valence-electron chi connectivity index (χ4n) is 3.13. The van der Waals surface area contributed by atoms with E-state index < -0.39 is 0 Å². The Morgan fingerprint density at radius 3 is 2.58 bits per heavy atom. The number of aryl methyl sites for hydroxylation is 1. The Balaban J connectivity index is 1.58. The molecule has 0 saturated heterocycles. The lowest BCUT2D eigenvalue weighted by molar-refractivity contribution is -0.125. The number of amides is 1. The molecule has 2 N–H and O–H groups in total. The van der Waals surface area contributed by atoms with Crippen LogP contribution in [0.3, 0.4) is 0 Å². The molecular weight excluding hydrogens is 334 g/mol. The molecule has 1 unspecified atom stereocenters. The molecule has 0 radical (unpaired) electrons. The van der Waals surface area contributed by atoms with Gasteiger partial charge < -0.3 is 15.2 Å². The van der Waals surface area contributed by atoms with Crippen LogP contribution in [-0.2, 0) is 11.8 Å². The normalized spacial score (nSPS) is 20.1. The minimum atomic E-state index is -0.299. The van der Waals surface area contributed by atoms with Gasteiger partial charge in [-0.1, -0.05) is 0 Å². The summed E-state index contributed by atoms with van der Waals surface area (Å²) in [7, 11) is 1.83. The number of nitrogens with zero attached hydrogens (tertiary/aromatic N) is 2. The molecule has 1 atom stereocenters. The van der Waals surface area contributed by atoms with Crippen molar-refractivity contribution in [1.82, 2.24) is 15.1 Å². The number of carbonyl (C=O) groups excluding carboxylic acids is 2. The predicted octanol–water partition coefficient (Wildman–Crippen LogP) is 1.63. The zero-order valence-corrected chi connectivity index (χ0v) is 14.9. The Labute approximate surface area is 152 Å². The average molecular weight is 357 g/mol. The maximum atomic E-state index is 12.3. The number of rotatable bonds is 7. The molecule has 26 heavy (non-hydrogen) atoms. The molecule has 1 heterocycles. The Kier molecular flexibility index (Phi) is 5.37. The van der Waals surface area contributed by atoms with Gasteiger partial charge in [-0.25, -0.2) is 0 Å². The van der Waals surface area contributed by atoms with Crippen molar-refractivity contribution < 1.29 is 19.4 Å². The van der Waals surface area contributed by atoms with Crippen LogP contribution in [0.1, 0.15) is 41.7 Å². The van der Waals surface area contributed by atoms with E-state index in [9.17, 15) is 14.7 Å². The first-order valence-electron chi connectivity index (χ1n) is 8.62. The maximum absolute atomic E-state index is 12.3. The van der Waals surface area contributed by atoms with Gasteiger partial charge in [0.2, 0.25) is 0 Å². The van der Waals surface area contributed by atoms with Crippen molar-refractivity contribution in [1.29, 1.82) is 0 Å².